The highest BCUT2D eigenvalue weighted by molar-refractivity contribution is 5.72. The molecule has 2 rings (SSSR count). The van der Waals surface area contributed by atoms with Crippen LogP contribution in [0.4, 0.5) is 0 Å². The number of nitro groups is 1. The summed E-state index contributed by atoms with van der Waals surface area (Å²) >= 11 is 0. The van der Waals surface area contributed by atoms with E-state index in [1.54, 1.807) is 37.5 Å². The average molecular weight is 377 g/mol. The van der Waals surface area contributed by atoms with E-state index in [1.165, 1.54) is 7.11 Å². The fourth-order valence-electron chi connectivity index (χ4n) is 2.77. The molecule has 27 heavy (non-hydrogen) atoms. The molecule has 1 fully saturated rings. The van der Waals surface area contributed by atoms with Crippen LogP contribution in [0.5, 0.6) is 11.5 Å². The predicted molar refractivity (Wildman–Crippen MR) is 103 cm³/mol. The minimum atomic E-state index is -0.989. The van der Waals surface area contributed by atoms with E-state index in [0.717, 1.165) is 0 Å². The van der Waals surface area contributed by atoms with E-state index in [2.05, 4.69) is 20.4 Å². The van der Waals surface area contributed by atoms with Crippen LogP contribution in [0.2, 0.25) is 0 Å². The molecular weight excluding hydrogens is 350 g/mol. The minimum Gasteiger partial charge on any atom is -0.497 e. The summed E-state index contributed by atoms with van der Waals surface area (Å²) in [5.74, 6) is 0.123. The molecule has 0 radical (unpaired) electrons. The van der Waals surface area contributed by atoms with Crippen molar-refractivity contribution in [2.75, 3.05) is 34.0 Å². The van der Waals surface area contributed by atoms with Crippen molar-refractivity contribution in [3.05, 3.63) is 52.6 Å². The van der Waals surface area contributed by atoms with Crippen LogP contribution in [0.15, 0.2) is 36.9 Å². The number of methoxy groups -OCH3 is 2. The first kappa shape index (κ1) is 20.9. The van der Waals surface area contributed by atoms with Gasteiger partial charge in [0.1, 0.15) is 11.5 Å². The van der Waals surface area contributed by atoms with Crippen molar-refractivity contribution >= 4 is 5.57 Å². The molecule has 148 valence electrons. The summed E-state index contributed by atoms with van der Waals surface area (Å²) in [7, 11) is 3.07. The number of ether oxygens (including phenoxy) is 4. The Bertz CT molecular complexity index is 715. The van der Waals surface area contributed by atoms with E-state index in [9.17, 15) is 10.1 Å². The standard InChI is InChI=1S/C20H27NO6/c1-6-20(26-13-19(2,3)14-27-20)10-9-15(12-21(22)23)17-8-7-16(24-4)11-18(17)25-5/h6-9,11H,1,10,12-14H2,2-5H3/b15-9-. The van der Waals surface area contributed by atoms with Gasteiger partial charge in [-0.25, -0.2) is 0 Å². The number of rotatable bonds is 8. The van der Waals surface area contributed by atoms with Crippen molar-refractivity contribution in [3.8, 4) is 11.5 Å². The topological polar surface area (TPSA) is 80.1 Å². The van der Waals surface area contributed by atoms with Gasteiger partial charge in [0.05, 0.1) is 27.4 Å². The Kier molecular flexibility index (Phi) is 6.62. The summed E-state index contributed by atoms with van der Waals surface area (Å²) in [5, 5.41) is 11.2. The maximum atomic E-state index is 11.2. The number of hydrogen-bond acceptors (Lipinski definition) is 6. The first-order valence-electron chi connectivity index (χ1n) is 8.69. The molecule has 0 aliphatic carbocycles. The maximum Gasteiger partial charge on any atom is 0.229 e. The summed E-state index contributed by atoms with van der Waals surface area (Å²) in [5.41, 5.74) is 1.06. The third-order valence-electron chi connectivity index (χ3n) is 4.41. The van der Waals surface area contributed by atoms with E-state index in [1.807, 2.05) is 0 Å². The highest BCUT2D eigenvalue weighted by Gasteiger charge is 2.37. The second kappa shape index (κ2) is 8.54. The first-order valence-corrected chi connectivity index (χ1v) is 8.69. The predicted octanol–water partition coefficient (Wildman–Crippen LogP) is 3.71. The van der Waals surface area contributed by atoms with Crippen molar-refractivity contribution in [1.29, 1.82) is 0 Å². The Labute approximate surface area is 159 Å². The van der Waals surface area contributed by atoms with Crippen LogP contribution < -0.4 is 9.47 Å². The maximum absolute atomic E-state index is 11.2. The molecule has 0 spiro atoms. The van der Waals surface area contributed by atoms with E-state index in [-0.39, 0.29) is 16.9 Å². The minimum absolute atomic E-state index is 0.0842. The monoisotopic (exact) mass is 377 g/mol. The Morgan fingerprint density at radius 3 is 2.48 bits per heavy atom. The number of benzene rings is 1. The van der Waals surface area contributed by atoms with Crippen LogP contribution in [0.25, 0.3) is 5.57 Å². The second-order valence-electron chi connectivity index (χ2n) is 7.25. The molecule has 0 atom stereocenters. The lowest BCUT2D eigenvalue weighted by molar-refractivity contribution is -0.465. The number of hydrogen-bond donors (Lipinski definition) is 0. The van der Waals surface area contributed by atoms with Gasteiger partial charge in [-0.1, -0.05) is 26.5 Å². The highest BCUT2D eigenvalue weighted by Crippen LogP contribution is 2.35. The van der Waals surface area contributed by atoms with Gasteiger partial charge in [-0.15, -0.1) is 0 Å². The second-order valence-corrected chi connectivity index (χ2v) is 7.25. The molecule has 1 aliphatic rings. The molecule has 0 saturated carbocycles. The van der Waals surface area contributed by atoms with E-state index >= 15 is 0 Å². The Morgan fingerprint density at radius 1 is 1.30 bits per heavy atom. The third-order valence-corrected chi connectivity index (χ3v) is 4.41. The van der Waals surface area contributed by atoms with Crippen molar-refractivity contribution in [1.82, 2.24) is 0 Å². The fraction of sp³-hybridized carbons (Fsp3) is 0.500. The largest absolute Gasteiger partial charge is 0.497 e. The van der Waals surface area contributed by atoms with Gasteiger partial charge in [-0.3, -0.25) is 10.1 Å². The van der Waals surface area contributed by atoms with Crippen LogP contribution in [0.3, 0.4) is 0 Å². The van der Waals surface area contributed by atoms with Crippen molar-refractivity contribution in [3.63, 3.8) is 0 Å². The summed E-state index contributed by atoms with van der Waals surface area (Å²) in [6.45, 7) is 8.61. The molecule has 0 amide bonds. The van der Waals surface area contributed by atoms with Crippen LogP contribution in [0, 0.1) is 15.5 Å². The smallest absolute Gasteiger partial charge is 0.229 e. The molecule has 0 unspecified atom stereocenters. The lowest BCUT2D eigenvalue weighted by Crippen LogP contribution is -2.46. The molecule has 7 heteroatoms. The van der Waals surface area contributed by atoms with Gasteiger partial charge in [0.15, 0.2) is 5.79 Å². The van der Waals surface area contributed by atoms with Crippen LogP contribution in [0.1, 0.15) is 25.8 Å². The molecule has 0 N–H and O–H groups in total. The van der Waals surface area contributed by atoms with E-state index in [4.69, 9.17) is 18.9 Å². The van der Waals surface area contributed by atoms with E-state index in [0.29, 0.717) is 42.3 Å². The van der Waals surface area contributed by atoms with Crippen LogP contribution >= 0.6 is 0 Å². The summed E-state index contributed by atoms with van der Waals surface area (Å²) in [6.07, 6.45) is 3.67. The van der Waals surface area contributed by atoms with Gasteiger partial charge in [0.2, 0.25) is 6.54 Å². The molecular formula is C20H27NO6. The first-order chi connectivity index (χ1) is 12.7. The Balaban J connectivity index is 2.33. The van der Waals surface area contributed by atoms with E-state index < -0.39 is 5.79 Å². The normalized spacial score (nSPS) is 18.6. The molecule has 0 bridgehead atoms. The SMILES string of the molecule is C=CC1(C/C=C(/C[N+](=O)[O-])c2ccc(OC)cc2OC)OCC(C)(C)CO1. The summed E-state index contributed by atoms with van der Waals surface area (Å²) in [6, 6.07) is 5.19. The van der Waals surface area contributed by atoms with Crippen LogP contribution in [-0.4, -0.2) is 44.7 Å². The van der Waals surface area contributed by atoms with Crippen LogP contribution in [-0.2, 0) is 9.47 Å². The van der Waals surface area contributed by atoms with Gasteiger partial charge in [-0.2, -0.15) is 0 Å². The number of nitrogens with zero attached hydrogens (tertiary/aromatic N) is 1. The van der Waals surface area contributed by atoms with Gasteiger partial charge in [0.25, 0.3) is 0 Å². The Hall–Kier alpha value is -2.38. The van der Waals surface area contributed by atoms with Crippen molar-refractivity contribution in [2.24, 2.45) is 5.41 Å². The zero-order valence-corrected chi connectivity index (χ0v) is 16.3. The average Bonchev–Trinajstić information content (AvgIpc) is 2.65. The van der Waals surface area contributed by atoms with Crippen molar-refractivity contribution < 1.29 is 23.9 Å². The van der Waals surface area contributed by atoms with Crippen molar-refractivity contribution in [2.45, 2.75) is 26.1 Å². The summed E-state index contributed by atoms with van der Waals surface area (Å²) < 4.78 is 22.4. The van der Waals surface area contributed by atoms with Gasteiger partial charge >= 0.3 is 0 Å². The van der Waals surface area contributed by atoms with Gasteiger partial charge < -0.3 is 18.9 Å². The van der Waals surface area contributed by atoms with Gasteiger partial charge in [-0.05, 0) is 18.2 Å². The zero-order valence-electron chi connectivity index (χ0n) is 16.3. The fourth-order valence-corrected chi connectivity index (χ4v) is 2.77. The van der Waals surface area contributed by atoms with Gasteiger partial charge in [0, 0.05) is 34.0 Å². The molecule has 1 aliphatic heterocycles. The lowest BCUT2D eigenvalue weighted by atomic mass is 9.93. The summed E-state index contributed by atoms with van der Waals surface area (Å²) in [4.78, 5) is 10.8. The zero-order chi connectivity index (χ0) is 20.1. The Morgan fingerprint density at radius 2 is 1.96 bits per heavy atom. The highest BCUT2D eigenvalue weighted by atomic mass is 16.7. The molecule has 1 saturated heterocycles. The molecule has 0 aromatic heterocycles. The quantitative estimate of drug-likeness (QED) is 0.390. The third kappa shape index (κ3) is 5.30. The molecule has 1 aromatic rings. The molecule has 1 heterocycles. The molecule has 1 aromatic carbocycles. The molecule has 7 nitrogen and oxygen atoms in total. The lowest BCUT2D eigenvalue weighted by Gasteiger charge is -2.41.